The number of rotatable bonds is 3. The highest BCUT2D eigenvalue weighted by atomic mass is 32.1. The van der Waals surface area contributed by atoms with Gasteiger partial charge < -0.3 is 9.67 Å². The third-order valence-electron chi connectivity index (χ3n) is 2.25. The van der Waals surface area contributed by atoms with Gasteiger partial charge in [-0.05, 0) is 13.8 Å². The van der Waals surface area contributed by atoms with Gasteiger partial charge in [-0.15, -0.1) is 11.3 Å². The van der Waals surface area contributed by atoms with E-state index in [9.17, 15) is 5.11 Å². The van der Waals surface area contributed by atoms with Crippen LogP contribution in [0.3, 0.4) is 0 Å². The van der Waals surface area contributed by atoms with Crippen molar-refractivity contribution in [1.82, 2.24) is 14.5 Å². The van der Waals surface area contributed by atoms with E-state index in [1.165, 1.54) is 11.3 Å². The number of imidazole rings is 1. The molecule has 0 aromatic carbocycles. The van der Waals surface area contributed by atoms with Crippen LogP contribution in [-0.2, 0) is 6.54 Å². The van der Waals surface area contributed by atoms with Crippen molar-refractivity contribution in [3.63, 3.8) is 0 Å². The van der Waals surface area contributed by atoms with Crippen molar-refractivity contribution in [2.24, 2.45) is 0 Å². The highest BCUT2D eigenvalue weighted by molar-refractivity contribution is 7.09. The molecule has 0 amide bonds. The standard InChI is InChI=1S/C10H13N3OS/c1-3-13-5-4-11-10(13)9(14)8-6-15-7(2)12-8/h4-6,9,14H,3H2,1-2H3. The first-order valence-electron chi connectivity index (χ1n) is 4.83. The zero-order valence-electron chi connectivity index (χ0n) is 8.71. The molecule has 1 unspecified atom stereocenters. The van der Waals surface area contributed by atoms with Crippen LogP contribution in [0.5, 0.6) is 0 Å². The van der Waals surface area contributed by atoms with Crippen LogP contribution in [0.25, 0.3) is 0 Å². The van der Waals surface area contributed by atoms with Crippen LogP contribution in [0, 0.1) is 6.92 Å². The largest absolute Gasteiger partial charge is 0.379 e. The predicted molar refractivity (Wildman–Crippen MR) is 58.8 cm³/mol. The molecule has 2 rings (SSSR count). The summed E-state index contributed by atoms with van der Waals surface area (Å²) in [6.45, 7) is 4.74. The zero-order chi connectivity index (χ0) is 10.8. The highest BCUT2D eigenvalue weighted by Crippen LogP contribution is 2.21. The number of aliphatic hydroxyl groups excluding tert-OH is 1. The molecule has 0 fully saturated rings. The maximum Gasteiger partial charge on any atom is 0.154 e. The van der Waals surface area contributed by atoms with Crippen molar-refractivity contribution in [1.29, 1.82) is 0 Å². The Labute approximate surface area is 92.2 Å². The lowest BCUT2D eigenvalue weighted by Crippen LogP contribution is -2.09. The molecule has 4 nitrogen and oxygen atoms in total. The van der Waals surface area contributed by atoms with E-state index < -0.39 is 6.10 Å². The second-order valence-electron chi connectivity index (χ2n) is 3.27. The number of nitrogens with zero attached hydrogens (tertiary/aromatic N) is 3. The Kier molecular flexibility index (Phi) is 2.83. The fourth-order valence-corrected chi connectivity index (χ4v) is 2.10. The smallest absolute Gasteiger partial charge is 0.154 e. The van der Waals surface area contributed by atoms with E-state index in [1.54, 1.807) is 6.20 Å². The summed E-state index contributed by atoms with van der Waals surface area (Å²) >= 11 is 1.54. The number of aromatic nitrogens is 3. The van der Waals surface area contributed by atoms with Crippen LogP contribution >= 0.6 is 11.3 Å². The molecular formula is C10H13N3OS. The average Bonchev–Trinajstić information content (AvgIpc) is 2.84. The van der Waals surface area contributed by atoms with Crippen LogP contribution in [-0.4, -0.2) is 19.6 Å². The molecule has 0 radical (unpaired) electrons. The molecule has 0 aliphatic heterocycles. The van der Waals surface area contributed by atoms with E-state index in [-0.39, 0.29) is 0 Å². The van der Waals surface area contributed by atoms with Gasteiger partial charge in [0.2, 0.25) is 0 Å². The summed E-state index contributed by atoms with van der Waals surface area (Å²) in [6.07, 6.45) is 2.84. The van der Waals surface area contributed by atoms with Crippen LogP contribution in [0.2, 0.25) is 0 Å². The molecule has 2 heterocycles. The molecule has 0 aliphatic carbocycles. The van der Waals surface area contributed by atoms with Crippen molar-refractivity contribution < 1.29 is 5.11 Å². The zero-order valence-corrected chi connectivity index (χ0v) is 9.53. The van der Waals surface area contributed by atoms with Gasteiger partial charge in [0, 0.05) is 24.3 Å². The van der Waals surface area contributed by atoms with Crippen molar-refractivity contribution in [2.45, 2.75) is 26.5 Å². The number of hydrogen-bond donors (Lipinski definition) is 1. The lowest BCUT2D eigenvalue weighted by Gasteiger charge is -2.09. The molecule has 15 heavy (non-hydrogen) atoms. The van der Waals surface area contributed by atoms with Crippen LogP contribution in [0.15, 0.2) is 17.8 Å². The van der Waals surface area contributed by atoms with Gasteiger partial charge in [0.15, 0.2) is 6.10 Å². The number of hydrogen-bond acceptors (Lipinski definition) is 4. The fourth-order valence-electron chi connectivity index (χ4n) is 1.47. The Balaban J connectivity index is 2.31. The molecule has 1 N–H and O–H groups in total. The molecule has 0 saturated carbocycles. The normalized spacial score (nSPS) is 13.0. The average molecular weight is 223 g/mol. The van der Waals surface area contributed by atoms with Gasteiger partial charge >= 0.3 is 0 Å². The maximum atomic E-state index is 10.1. The topological polar surface area (TPSA) is 50.9 Å². The Morgan fingerprint density at radius 1 is 1.60 bits per heavy atom. The molecule has 5 heteroatoms. The van der Waals surface area contributed by atoms with E-state index in [4.69, 9.17) is 0 Å². The first kappa shape index (κ1) is 10.3. The molecule has 0 aliphatic rings. The lowest BCUT2D eigenvalue weighted by molar-refractivity contribution is 0.200. The summed E-state index contributed by atoms with van der Waals surface area (Å²) in [5, 5.41) is 12.9. The van der Waals surface area contributed by atoms with Crippen molar-refractivity contribution in [2.75, 3.05) is 0 Å². The maximum absolute atomic E-state index is 10.1. The molecule has 2 aromatic rings. The minimum Gasteiger partial charge on any atom is -0.379 e. The van der Waals surface area contributed by atoms with Crippen molar-refractivity contribution in [3.8, 4) is 0 Å². The van der Waals surface area contributed by atoms with Gasteiger partial charge in [0.05, 0.1) is 10.7 Å². The summed E-state index contributed by atoms with van der Waals surface area (Å²) in [4.78, 5) is 8.41. The van der Waals surface area contributed by atoms with Gasteiger partial charge in [-0.3, -0.25) is 0 Å². The summed E-state index contributed by atoms with van der Waals surface area (Å²) in [7, 11) is 0. The number of aliphatic hydroxyl groups is 1. The molecule has 0 bridgehead atoms. The minimum absolute atomic E-state index is 0.655. The monoisotopic (exact) mass is 223 g/mol. The second kappa shape index (κ2) is 4.12. The van der Waals surface area contributed by atoms with Gasteiger partial charge in [0.1, 0.15) is 5.82 Å². The molecule has 2 aromatic heterocycles. The lowest BCUT2D eigenvalue weighted by atomic mass is 10.2. The molecule has 0 saturated heterocycles. The summed E-state index contributed by atoms with van der Waals surface area (Å²) < 4.78 is 1.92. The van der Waals surface area contributed by atoms with Gasteiger partial charge in [-0.1, -0.05) is 0 Å². The van der Waals surface area contributed by atoms with E-state index >= 15 is 0 Å². The van der Waals surface area contributed by atoms with Crippen LogP contribution < -0.4 is 0 Å². The van der Waals surface area contributed by atoms with E-state index in [2.05, 4.69) is 9.97 Å². The Hall–Kier alpha value is -1.20. The third kappa shape index (κ3) is 1.93. The molecule has 1 atom stereocenters. The van der Waals surface area contributed by atoms with E-state index in [1.807, 2.05) is 30.0 Å². The Morgan fingerprint density at radius 3 is 3.00 bits per heavy atom. The first-order chi connectivity index (χ1) is 7.22. The van der Waals surface area contributed by atoms with Gasteiger partial charge in [-0.2, -0.15) is 0 Å². The first-order valence-corrected chi connectivity index (χ1v) is 5.71. The Bertz CT molecular complexity index is 449. The fraction of sp³-hybridized carbons (Fsp3) is 0.400. The van der Waals surface area contributed by atoms with Crippen LogP contribution in [0.4, 0.5) is 0 Å². The number of aryl methyl sites for hydroxylation is 2. The predicted octanol–water partition coefficient (Wildman–Crippen LogP) is 1.75. The quantitative estimate of drug-likeness (QED) is 0.862. The van der Waals surface area contributed by atoms with Crippen molar-refractivity contribution >= 4 is 11.3 Å². The molecule has 80 valence electrons. The van der Waals surface area contributed by atoms with E-state index in [0.29, 0.717) is 11.5 Å². The SMILES string of the molecule is CCn1ccnc1C(O)c1csc(C)n1. The van der Waals surface area contributed by atoms with Gasteiger partial charge in [-0.25, -0.2) is 9.97 Å². The second-order valence-corrected chi connectivity index (χ2v) is 4.33. The highest BCUT2D eigenvalue weighted by Gasteiger charge is 2.17. The summed E-state index contributed by atoms with van der Waals surface area (Å²) in [6, 6.07) is 0. The Morgan fingerprint density at radius 2 is 2.40 bits per heavy atom. The van der Waals surface area contributed by atoms with Crippen LogP contribution in [0.1, 0.15) is 29.6 Å². The number of thiazole rings is 1. The summed E-state index contributed by atoms with van der Waals surface area (Å²) in [5.41, 5.74) is 0.679. The van der Waals surface area contributed by atoms with Crippen molar-refractivity contribution in [3.05, 3.63) is 34.3 Å². The summed E-state index contributed by atoms with van der Waals surface area (Å²) in [5.74, 6) is 0.655. The molecule has 0 spiro atoms. The minimum atomic E-state index is -0.718. The van der Waals surface area contributed by atoms with E-state index in [0.717, 1.165) is 11.6 Å². The third-order valence-corrected chi connectivity index (χ3v) is 3.04. The molecular weight excluding hydrogens is 210 g/mol. The van der Waals surface area contributed by atoms with Gasteiger partial charge in [0.25, 0.3) is 0 Å².